The molecule has 0 saturated carbocycles. The Morgan fingerprint density at radius 2 is 1.16 bits per heavy atom. The average Bonchev–Trinajstić information content (AvgIpc) is 3.82. The Hall–Kier alpha value is -3.96. The first-order chi connectivity index (χ1) is 26.7. The van der Waals surface area contributed by atoms with Crippen LogP contribution < -0.4 is 27.0 Å². The summed E-state index contributed by atoms with van der Waals surface area (Å²) in [4.78, 5) is 37.9. The van der Waals surface area contributed by atoms with Gasteiger partial charge in [-0.05, 0) is 54.8 Å². The lowest BCUT2D eigenvalue weighted by molar-refractivity contribution is -0.527. The number of benzene rings is 4. The standard InChI is InChI=1S/C19H16Cl2FN3O4.C19H18Cl2FN3O2/c20-9-4-5-11-14(8-9)23-18(27)19(11)15(10-2-1-3-12(21)16(10)22)17(25(28)29)13(24-19)6-7-26;20-9-4-5-11-14(8-9)24-18(27)19(11)15(17(23)13(25-19)6-7-26)10-2-1-3-12(21)16(10)22/h1-5,8,13,15,17,24,26H,6-7H2,(H,23,27);1-5,8,13,15,17,25-26H,6-7,23H2,(H,24,27)/t2*13-,15-,17+,19+/m00/s1. The highest BCUT2D eigenvalue weighted by Gasteiger charge is 2.67. The van der Waals surface area contributed by atoms with Crippen LogP contribution in [0.4, 0.5) is 20.2 Å². The van der Waals surface area contributed by atoms with Crippen LogP contribution in [-0.2, 0) is 20.7 Å². The lowest BCUT2D eigenvalue weighted by atomic mass is 9.74. The van der Waals surface area contributed by atoms with Crippen molar-refractivity contribution in [1.82, 2.24) is 10.6 Å². The van der Waals surface area contributed by atoms with E-state index in [1.807, 2.05) is 0 Å². The van der Waals surface area contributed by atoms with E-state index >= 15 is 4.39 Å². The van der Waals surface area contributed by atoms with Crippen LogP contribution in [0.2, 0.25) is 20.1 Å². The second-order valence-corrected chi connectivity index (χ2v) is 15.7. The molecule has 4 aliphatic heterocycles. The molecule has 18 heteroatoms. The fraction of sp³-hybridized carbons (Fsp3) is 0.316. The predicted octanol–water partition coefficient (Wildman–Crippen LogP) is 5.81. The molecular weight excluding hydrogens is 816 g/mol. The van der Waals surface area contributed by atoms with Gasteiger partial charge in [-0.3, -0.25) is 30.3 Å². The number of anilines is 2. The van der Waals surface area contributed by atoms with E-state index in [0.29, 0.717) is 39.0 Å². The lowest BCUT2D eigenvalue weighted by Crippen LogP contribution is -2.49. The normalized spacial score (nSPS) is 28.5. The van der Waals surface area contributed by atoms with E-state index < -0.39 is 63.5 Å². The van der Waals surface area contributed by atoms with Crippen molar-refractivity contribution in [3.05, 3.63) is 137 Å². The van der Waals surface area contributed by atoms with Crippen LogP contribution in [0.1, 0.15) is 46.9 Å². The molecule has 294 valence electrons. The van der Waals surface area contributed by atoms with E-state index in [1.165, 1.54) is 30.3 Å². The summed E-state index contributed by atoms with van der Waals surface area (Å²) in [6.45, 7) is -0.445. The molecule has 8 atom stereocenters. The van der Waals surface area contributed by atoms with Gasteiger partial charge in [0.05, 0.1) is 22.0 Å². The Morgan fingerprint density at radius 3 is 1.64 bits per heavy atom. The van der Waals surface area contributed by atoms with Crippen LogP contribution in [0, 0.1) is 21.7 Å². The Kier molecular flexibility index (Phi) is 11.1. The van der Waals surface area contributed by atoms with Crippen LogP contribution in [0.25, 0.3) is 0 Å². The van der Waals surface area contributed by atoms with Gasteiger partial charge in [0, 0.05) is 74.2 Å². The summed E-state index contributed by atoms with van der Waals surface area (Å²) < 4.78 is 29.9. The molecule has 4 aromatic carbocycles. The molecule has 2 spiro atoms. The van der Waals surface area contributed by atoms with Gasteiger partial charge in [-0.25, -0.2) is 8.78 Å². The van der Waals surface area contributed by atoms with Crippen molar-refractivity contribution in [3.63, 3.8) is 0 Å². The maximum atomic E-state index is 15.0. The number of carbonyl (C=O) groups excluding carboxylic acids is 2. The summed E-state index contributed by atoms with van der Waals surface area (Å²) in [5.41, 5.74) is 5.86. The maximum absolute atomic E-state index is 15.0. The second-order valence-electron chi connectivity index (χ2n) is 14.0. The van der Waals surface area contributed by atoms with Crippen LogP contribution in [-0.4, -0.2) is 64.3 Å². The molecule has 4 aliphatic rings. The number of carbonyl (C=O) groups is 2. The summed E-state index contributed by atoms with van der Waals surface area (Å²) in [7, 11) is 0. The number of aliphatic hydroxyl groups is 2. The highest BCUT2D eigenvalue weighted by Crippen LogP contribution is 2.55. The van der Waals surface area contributed by atoms with E-state index in [9.17, 15) is 34.3 Å². The second kappa shape index (κ2) is 15.4. The summed E-state index contributed by atoms with van der Waals surface area (Å²) in [5.74, 6) is -4.20. The molecular formula is C38H34Cl4F2N6O6. The third kappa shape index (κ3) is 6.32. The van der Waals surface area contributed by atoms with E-state index in [-0.39, 0.29) is 52.8 Å². The molecule has 0 radical (unpaired) electrons. The first-order valence-electron chi connectivity index (χ1n) is 17.5. The lowest BCUT2D eigenvalue weighted by Gasteiger charge is -2.31. The largest absolute Gasteiger partial charge is 0.396 e. The number of nitrogens with one attached hydrogen (secondary N) is 4. The Balaban J connectivity index is 0.000000172. The number of hydrogen-bond donors (Lipinski definition) is 7. The van der Waals surface area contributed by atoms with Crippen molar-refractivity contribution >= 4 is 69.6 Å². The zero-order valence-electron chi connectivity index (χ0n) is 29.0. The molecule has 4 aromatic rings. The SMILES string of the molecule is N[C@@H]1[C@H](CCO)N[C@@]2(C(=O)Nc3cc(Cl)ccc32)[C@H]1c1cccc(Cl)c1F.O=C1Nc2cc(Cl)ccc2[C@]12N[C@@H](CCO)[C@@H]([N+](=O)[O-])[C@@H]2c1cccc(Cl)c1F. The van der Waals surface area contributed by atoms with Gasteiger partial charge < -0.3 is 26.6 Å². The highest BCUT2D eigenvalue weighted by atomic mass is 35.5. The van der Waals surface area contributed by atoms with E-state index in [4.69, 9.17) is 52.1 Å². The molecule has 2 amide bonds. The van der Waals surface area contributed by atoms with Gasteiger partial charge in [0.15, 0.2) is 0 Å². The zero-order chi connectivity index (χ0) is 40.3. The average molecular weight is 851 g/mol. The van der Waals surface area contributed by atoms with Crippen molar-refractivity contribution in [2.75, 3.05) is 23.8 Å². The van der Waals surface area contributed by atoms with Crippen LogP contribution in [0.5, 0.6) is 0 Å². The van der Waals surface area contributed by atoms with Crippen molar-refractivity contribution < 1.29 is 33.5 Å². The first kappa shape index (κ1) is 40.2. The number of nitro groups is 1. The van der Waals surface area contributed by atoms with Gasteiger partial charge in [0.2, 0.25) is 17.9 Å². The molecule has 56 heavy (non-hydrogen) atoms. The summed E-state index contributed by atoms with van der Waals surface area (Å²) in [6.07, 6.45) is 0.347. The van der Waals surface area contributed by atoms with E-state index in [0.717, 1.165) is 0 Å². The minimum absolute atomic E-state index is 0.0162. The number of hydrogen-bond acceptors (Lipinski definition) is 9. The monoisotopic (exact) mass is 848 g/mol. The number of nitrogens with zero attached hydrogens (tertiary/aromatic N) is 1. The van der Waals surface area contributed by atoms with Crippen molar-refractivity contribution in [1.29, 1.82) is 0 Å². The summed E-state index contributed by atoms with van der Waals surface area (Å²) >= 11 is 24.0. The zero-order valence-corrected chi connectivity index (χ0v) is 32.1. The van der Waals surface area contributed by atoms with E-state index in [2.05, 4.69) is 21.3 Å². The van der Waals surface area contributed by atoms with Gasteiger partial charge in [0.25, 0.3) is 0 Å². The number of nitrogens with two attached hydrogens (primary N) is 1. The van der Waals surface area contributed by atoms with Gasteiger partial charge in [-0.15, -0.1) is 0 Å². The Morgan fingerprint density at radius 1 is 0.714 bits per heavy atom. The molecule has 0 bridgehead atoms. The minimum Gasteiger partial charge on any atom is -0.396 e. The smallest absolute Gasteiger partial charge is 0.250 e. The first-order valence-corrected chi connectivity index (χ1v) is 19.0. The third-order valence-corrected chi connectivity index (χ3v) is 12.2. The molecule has 2 saturated heterocycles. The number of halogens is 6. The van der Waals surface area contributed by atoms with Crippen LogP contribution in [0.15, 0.2) is 72.8 Å². The topological polar surface area (TPSA) is 192 Å². The predicted molar refractivity (Wildman–Crippen MR) is 208 cm³/mol. The van der Waals surface area contributed by atoms with Gasteiger partial charge in [-0.2, -0.15) is 0 Å². The highest BCUT2D eigenvalue weighted by molar-refractivity contribution is 6.32. The third-order valence-electron chi connectivity index (χ3n) is 11.1. The minimum atomic E-state index is -1.61. The van der Waals surface area contributed by atoms with Crippen LogP contribution in [0.3, 0.4) is 0 Å². The van der Waals surface area contributed by atoms with Crippen LogP contribution >= 0.6 is 46.4 Å². The fourth-order valence-corrected chi connectivity index (χ4v) is 9.61. The number of rotatable bonds is 7. The summed E-state index contributed by atoms with van der Waals surface area (Å²) in [5, 5.41) is 43.4. The van der Waals surface area contributed by atoms with Gasteiger partial charge >= 0.3 is 0 Å². The van der Waals surface area contributed by atoms with Gasteiger partial charge in [0.1, 0.15) is 22.7 Å². The maximum Gasteiger partial charge on any atom is 0.250 e. The molecule has 4 heterocycles. The summed E-state index contributed by atoms with van der Waals surface area (Å²) in [6, 6.07) is 15.4. The molecule has 0 aromatic heterocycles. The van der Waals surface area contributed by atoms with Crippen molar-refractivity contribution in [3.8, 4) is 0 Å². The molecule has 8 N–H and O–H groups in total. The Labute approximate surface area is 338 Å². The molecule has 8 rings (SSSR count). The molecule has 2 fully saturated rings. The number of aliphatic hydroxyl groups excluding tert-OH is 2. The van der Waals surface area contributed by atoms with Crippen molar-refractivity contribution in [2.45, 2.75) is 59.9 Å². The number of fused-ring (bicyclic) bond motifs is 4. The molecule has 12 nitrogen and oxygen atoms in total. The molecule has 0 aliphatic carbocycles. The fourth-order valence-electron chi connectivity index (χ4n) is 8.91. The van der Waals surface area contributed by atoms with E-state index in [1.54, 1.807) is 42.5 Å². The Bertz CT molecular complexity index is 2260. The number of amides is 2. The van der Waals surface area contributed by atoms with Gasteiger partial charge in [-0.1, -0.05) is 82.8 Å². The van der Waals surface area contributed by atoms with Crippen molar-refractivity contribution in [2.24, 2.45) is 5.73 Å². The molecule has 0 unspecified atom stereocenters. The quantitative estimate of drug-likeness (QED) is 0.0889.